The van der Waals surface area contributed by atoms with Crippen molar-refractivity contribution in [2.45, 2.75) is 13.0 Å². The molecule has 1 aliphatic rings. The number of benzene rings is 3. The highest BCUT2D eigenvalue weighted by Gasteiger charge is 2.37. The van der Waals surface area contributed by atoms with Gasteiger partial charge in [0.15, 0.2) is 16.3 Å². The molecule has 3 aromatic carbocycles. The van der Waals surface area contributed by atoms with Crippen LogP contribution in [0, 0.1) is 12.3 Å². The van der Waals surface area contributed by atoms with Crippen molar-refractivity contribution in [2.75, 3.05) is 34.5 Å². The maximum atomic E-state index is 14.4. The molecule has 1 atom stereocenters. The van der Waals surface area contributed by atoms with Gasteiger partial charge in [0.25, 0.3) is 5.56 Å². The molecule has 230 valence electrons. The van der Waals surface area contributed by atoms with Gasteiger partial charge in [-0.1, -0.05) is 63.5 Å². The van der Waals surface area contributed by atoms with Crippen LogP contribution in [0.3, 0.4) is 0 Å². The van der Waals surface area contributed by atoms with Gasteiger partial charge in [-0.15, -0.1) is 6.42 Å². The van der Waals surface area contributed by atoms with Crippen molar-refractivity contribution in [1.29, 1.82) is 0 Å². The molecule has 4 aromatic rings. The smallest absolute Gasteiger partial charge is 0.338 e. The molecule has 0 fully saturated rings. The molecule has 2 heterocycles. The van der Waals surface area contributed by atoms with E-state index in [1.165, 1.54) is 30.1 Å². The van der Waals surface area contributed by atoms with E-state index in [9.17, 15) is 9.59 Å². The number of carbonyl (C=O) groups excluding carboxylic acids is 1. The molecule has 9 nitrogen and oxygen atoms in total. The van der Waals surface area contributed by atoms with E-state index in [1.54, 1.807) is 50.4 Å². The third kappa shape index (κ3) is 6.25. The molecule has 0 saturated carbocycles. The van der Waals surface area contributed by atoms with Gasteiger partial charge in [0.1, 0.15) is 24.1 Å². The van der Waals surface area contributed by atoms with Crippen LogP contribution in [0.2, 0.25) is 0 Å². The summed E-state index contributed by atoms with van der Waals surface area (Å²) in [4.78, 5) is 33.4. The third-order valence-corrected chi connectivity index (χ3v) is 8.40. The number of hydrogen-bond acceptors (Lipinski definition) is 9. The highest BCUT2D eigenvalue weighted by atomic mass is 79.9. The molecule has 0 aliphatic carbocycles. The average Bonchev–Trinajstić information content (AvgIpc) is 3.37. The molecule has 45 heavy (non-hydrogen) atoms. The van der Waals surface area contributed by atoms with Crippen molar-refractivity contribution in [3.8, 4) is 35.3 Å². The molecular formula is C34H29BrN2O7S. The molecular weight excluding hydrogens is 660 g/mol. The fourth-order valence-electron chi connectivity index (χ4n) is 5.04. The molecule has 0 spiro atoms. The Balaban J connectivity index is 1.86. The summed E-state index contributed by atoms with van der Waals surface area (Å²) in [5, 5.41) is 0. The zero-order valence-electron chi connectivity index (χ0n) is 25.0. The third-order valence-electron chi connectivity index (χ3n) is 6.96. The predicted octanol–water partition coefficient (Wildman–Crippen LogP) is 4.74. The van der Waals surface area contributed by atoms with Gasteiger partial charge in [0, 0.05) is 27.2 Å². The first kappa shape index (κ1) is 31.6. The van der Waals surface area contributed by atoms with Crippen molar-refractivity contribution >= 4 is 45.0 Å². The lowest BCUT2D eigenvalue weighted by Crippen LogP contribution is -2.40. The summed E-state index contributed by atoms with van der Waals surface area (Å²) in [7, 11) is 4.59. The molecule has 0 bridgehead atoms. The van der Waals surface area contributed by atoms with E-state index in [1.807, 2.05) is 30.3 Å². The molecule has 0 saturated heterocycles. The quantitative estimate of drug-likeness (QED) is 0.176. The SMILES string of the molecule is C#CCOc1c(/C=c2\sc3n(c2=O)[C@H](c2ccc(OC)cc2OC)C(C(=O)OCC)=C(c2ccccc2)N=3)cc(Br)cc1OC. The first-order valence-electron chi connectivity index (χ1n) is 13.8. The highest BCUT2D eigenvalue weighted by molar-refractivity contribution is 9.10. The Hall–Kier alpha value is -4.79. The number of terminal acetylenes is 1. The minimum atomic E-state index is -0.937. The Morgan fingerprint density at radius 1 is 1.07 bits per heavy atom. The van der Waals surface area contributed by atoms with Gasteiger partial charge in [-0.05, 0) is 37.3 Å². The van der Waals surface area contributed by atoms with Crippen LogP contribution >= 0.6 is 27.3 Å². The number of thiazole rings is 1. The van der Waals surface area contributed by atoms with E-state index in [2.05, 4.69) is 21.9 Å². The average molecular weight is 690 g/mol. The van der Waals surface area contributed by atoms with Crippen LogP contribution < -0.4 is 33.8 Å². The van der Waals surface area contributed by atoms with Crippen molar-refractivity contribution in [1.82, 2.24) is 4.57 Å². The van der Waals surface area contributed by atoms with Crippen molar-refractivity contribution in [3.05, 3.63) is 107 Å². The standard InChI is InChI=1S/C34H29BrN2O7S/c1-6-15-44-31-21(16-22(35)18-26(31)42-5)17-27-32(38)37-30(24-14-13-23(40-3)19-25(24)41-4)28(33(39)43-7-2)29(36-34(37)45-27)20-11-9-8-10-12-20/h1,8-14,16-19,30H,7,15H2,2-5H3/b27-17-/t30-/m1/s1. The second-order valence-electron chi connectivity index (χ2n) is 9.56. The Bertz CT molecular complexity index is 2010. The summed E-state index contributed by atoms with van der Waals surface area (Å²) in [5.74, 6) is 3.66. The van der Waals surface area contributed by atoms with Crippen LogP contribution in [0.15, 0.2) is 80.5 Å². The number of rotatable bonds is 10. The fourth-order valence-corrected chi connectivity index (χ4v) is 6.48. The normalized spacial score (nSPS) is 14.2. The van der Waals surface area contributed by atoms with Gasteiger partial charge in [-0.2, -0.15) is 0 Å². The molecule has 1 aromatic heterocycles. The van der Waals surface area contributed by atoms with E-state index in [-0.39, 0.29) is 24.3 Å². The monoisotopic (exact) mass is 688 g/mol. The lowest BCUT2D eigenvalue weighted by Gasteiger charge is -2.27. The number of fused-ring (bicyclic) bond motifs is 1. The molecule has 11 heteroatoms. The largest absolute Gasteiger partial charge is 0.497 e. The number of ether oxygens (including phenoxy) is 5. The predicted molar refractivity (Wildman–Crippen MR) is 176 cm³/mol. The van der Waals surface area contributed by atoms with Crippen molar-refractivity contribution in [2.24, 2.45) is 4.99 Å². The number of carbonyl (C=O) groups is 1. The maximum absolute atomic E-state index is 14.4. The van der Waals surface area contributed by atoms with Gasteiger partial charge in [0.2, 0.25) is 0 Å². The van der Waals surface area contributed by atoms with E-state index in [0.29, 0.717) is 59.2 Å². The molecule has 5 rings (SSSR count). The summed E-state index contributed by atoms with van der Waals surface area (Å²) in [6, 6.07) is 17.2. The van der Waals surface area contributed by atoms with Crippen LogP contribution in [0.4, 0.5) is 0 Å². The Labute approximate surface area is 272 Å². The number of methoxy groups -OCH3 is 3. The first-order valence-corrected chi connectivity index (χ1v) is 15.4. The molecule has 0 N–H and O–H groups in total. The lowest BCUT2D eigenvalue weighted by molar-refractivity contribution is -0.138. The Morgan fingerprint density at radius 2 is 1.82 bits per heavy atom. The molecule has 0 unspecified atom stereocenters. The van der Waals surface area contributed by atoms with E-state index >= 15 is 0 Å². The summed E-state index contributed by atoms with van der Waals surface area (Å²) in [5.41, 5.74) is 2.03. The Kier molecular flexibility index (Phi) is 9.76. The molecule has 0 radical (unpaired) electrons. The lowest BCUT2D eigenvalue weighted by atomic mass is 9.92. The summed E-state index contributed by atoms with van der Waals surface area (Å²) in [6.07, 6.45) is 7.16. The number of esters is 1. The molecule has 1 aliphatic heterocycles. The number of nitrogens with zero attached hydrogens (tertiary/aromatic N) is 2. The van der Waals surface area contributed by atoms with Gasteiger partial charge >= 0.3 is 5.97 Å². The number of hydrogen-bond donors (Lipinski definition) is 0. The zero-order chi connectivity index (χ0) is 32.1. The molecule has 0 amide bonds. The highest BCUT2D eigenvalue weighted by Crippen LogP contribution is 2.40. The summed E-state index contributed by atoms with van der Waals surface area (Å²) in [6.45, 7) is 1.86. The minimum Gasteiger partial charge on any atom is -0.497 e. The van der Waals surface area contributed by atoms with Crippen molar-refractivity contribution in [3.63, 3.8) is 0 Å². The maximum Gasteiger partial charge on any atom is 0.338 e. The Morgan fingerprint density at radius 3 is 2.49 bits per heavy atom. The van der Waals surface area contributed by atoms with Crippen LogP contribution in [0.25, 0.3) is 11.8 Å². The topological polar surface area (TPSA) is 97.6 Å². The van der Waals surface area contributed by atoms with Gasteiger partial charge in [-0.3, -0.25) is 9.36 Å². The second kappa shape index (κ2) is 13.9. The van der Waals surface area contributed by atoms with Crippen LogP contribution in [-0.4, -0.2) is 45.1 Å². The summed E-state index contributed by atoms with van der Waals surface area (Å²) >= 11 is 4.69. The van der Waals surface area contributed by atoms with Crippen LogP contribution in [0.1, 0.15) is 29.7 Å². The number of halogens is 1. The van der Waals surface area contributed by atoms with Gasteiger partial charge in [-0.25, -0.2) is 9.79 Å². The summed E-state index contributed by atoms with van der Waals surface area (Å²) < 4.78 is 30.7. The first-order chi connectivity index (χ1) is 21.8. The van der Waals surface area contributed by atoms with E-state index in [4.69, 9.17) is 35.1 Å². The fraction of sp³-hybridized carbons (Fsp3) is 0.206. The van der Waals surface area contributed by atoms with Gasteiger partial charge < -0.3 is 23.7 Å². The van der Waals surface area contributed by atoms with Crippen molar-refractivity contribution < 1.29 is 28.5 Å². The number of aromatic nitrogens is 1. The van der Waals surface area contributed by atoms with Gasteiger partial charge in [0.05, 0.1) is 43.7 Å². The minimum absolute atomic E-state index is 0.000677. The zero-order valence-corrected chi connectivity index (χ0v) is 27.4. The van der Waals surface area contributed by atoms with E-state index < -0.39 is 12.0 Å². The van der Waals surface area contributed by atoms with Crippen LogP contribution in [-0.2, 0) is 9.53 Å². The van der Waals surface area contributed by atoms with Crippen LogP contribution in [0.5, 0.6) is 23.0 Å². The second-order valence-corrected chi connectivity index (χ2v) is 11.5. The van der Waals surface area contributed by atoms with E-state index in [0.717, 1.165) is 0 Å².